The Morgan fingerprint density at radius 2 is 1.88 bits per heavy atom. The first-order chi connectivity index (χ1) is 7.78. The van der Waals surface area contributed by atoms with E-state index < -0.39 is 5.60 Å². The molecule has 1 aliphatic carbocycles. The van der Waals surface area contributed by atoms with Crippen molar-refractivity contribution in [3.63, 3.8) is 0 Å². The number of carbonyl (C=O) groups excluding carboxylic acids is 2. The SMILES string of the molecule is C[C@@H](NC(=O)OC(C)(C)C)C1CCC(=O)CC1. The molecule has 4 nitrogen and oxygen atoms in total. The van der Waals surface area contributed by atoms with Gasteiger partial charge in [0.2, 0.25) is 0 Å². The van der Waals surface area contributed by atoms with E-state index in [0.29, 0.717) is 24.5 Å². The van der Waals surface area contributed by atoms with E-state index in [9.17, 15) is 9.59 Å². The molecule has 4 heteroatoms. The van der Waals surface area contributed by atoms with Crippen LogP contribution in [0, 0.1) is 5.92 Å². The fourth-order valence-corrected chi connectivity index (χ4v) is 2.07. The van der Waals surface area contributed by atoms with Crippen LogP contribution in [0.4, 0.5) is 4.79 Å². The summed E-state index contributed by atoms with van der Waals surface area (Å²) in [5, 5.41) is 2.85. The third-order valence-corrected chi connectivity index (χ3v) is 3.04. The van der Waals surface area contributed by atoms with Crippen LogP contribution in [0.5, 0.6) is 0 Å². The Hall–Kier alpha value is -1.06. The molecule has 1 atom stereocenters. The van der Waals surface area contributed by atoms with Crippen molar-refractivity contribution in [2.75, 3.05) is 0 Å². The van der Waals surface area contributed by atoms with Crippen molar-refractivity contribution in [1.82, 2.24) is 5.32 Å². The summed E-state index contributed by atoms with van der Waals surface area (Å²) in [6.07, 6.45) is 2.66. The number of amides is 1. The highest BCUT2D eigenvalue weighted by Crippen LogP contribution is 2.24. The molecular weight excluding hydrogens is 218 g/mol. The van der Waals surface area contributed by atoms with Gasteiger partial charge in [-0.05, 0) is 46.5 Å². The Morgan fingerprint density at radius 3 is 2.35 bits per heavy atom. The zero-order valence-corrected chi connectivity index (χ0v) is 11.2. The van der Waals surface area contributed by atoms with Crippen molar-refractivity contribution in [1.29, 1.82) is 0 Å². The fraction of sp³-hybridized carbons (Fsp3) is 0.846. The van der Waals surface area contributed by atoms with Crippen molar-refractivity contribution < 1.29 is 14.3 Å². The van der Waals surface area contributed by atoms with Crippen LogP contribution in [-0.4, -0.2) is 23.5 Å². The van der Waals surface area contributed by atoms with E-state index in [1.807, 2.05) is 27.7 Å². The van der Waals surface area contributed by atoms with Gasteiger partial charge in [0.05, 0.1) is 0 Å². The van der Waals surface area contributed by atoms with E-state index in [1.165, 1.54) is 0 Å². The predicted octanol–water partition coefficient (Wildman–Crippen LogP) is 2.66. The first-order valence-electron chi connectivity index (χ1n) is 6.29. The molecule has 98 valence electrons. The van der Waals surface area contributed by atoms with Crippen molar-refractivity contribution in [2.45, 2.75) is 65.0 Å². The second kappa shape index (κ2) is 5.52. The minimum atomic E-state index is -0.466. The predicted molar refractivity (Wildman–Crippen MR) is 65.8 cm³/mol. The third kappa shape index (κ3) is 5.20. The lowest BCUT2D eigenvalue weighted by atomic mass is 9.84. The minimum Gasteiger partial charge on any atom is -0.444 e. The number of carbonyl (C=O) groups is 2. The van der Waals surface area contributed by atoms with E-state index in [1.54, 1.807) is 0 Å². The van der Waals surface area contributed by atoms with Crippen LogP contribution in [0.2, 0.25) is 0 Å². The number of Topliss-reactive ketones (excluding diaryl/α,β-unsaturated/α-hetero) is 1. The average Bonchev–Trinajstić information content (AvgIpc) is 2.15. The van der Waals surface area contributed by atoms with Crippen LogP contribution in [-0.2, 0) is 9.53 Å². The van der Waals surface area contributed by atoms with E-state index in [-0.39, 0.29) is 12.1 Å². The maximum atomic E-state index is 11.6. The molecule has 17 heavy (non-hydrogen) atoms. The molecule has 0 bridgehead atoms. The highest BCUT2D eigenvalue weighted by atomic mass is 16.6. The van der Waals surface area contributed by atoms with E-state index in [2.05, 4.69) is 5.32 Å². The molecule has 0 unspecified atom stereocenters. The Morgan fingerprint density at radius 1 is 1.35 bits per heavy atom. The van der Waals surface area contributed by atoms with Gasteiger partial charge in [-0.25, -0.2) is 4.79 Å². The van der Waals surface area contributed by atoms with Crippen LogP contribution in [0.3, 0.4) is 0 Å². The minimum absolute atomic E-state index is 0.0675. The second-order valence-electron chi connectivity index (χ2n) is 5.81. The van der Waals surface area contributed by atoms with Gasteiger partial charge in [-0.15, -0.1) is 0 Å². The molecule has 1 saturated carbocycles. The standard InChI is InChI=1S/C13H23NO3/c1-9(10-5-7-11(15)8-6-10)14-12(16)17-13(2,3)4/h9-10H,5-8H2,1-4H3,(H,14,16)/t9-/m1/s1. The van der Waals surface area contributed by atoms with Crippen molar-refractivity contribution in [3.05, 3.63) is 0 Å². The highest BCUT2D eigenvalue weighted by molar-refractivity contribution is 5.79. The van der Waals surface area contributed by atoms with Gasteiger partial charge in [-0.3, -0.25) is 4.79 Å². The summed E-state index contributed by atoms with van der Waals surface area (Å²) in [5.41, 5.74) is -0.466. The number of alkyl carbamates (subject to hydrolysis) is 1. The Balaban J connectivity index is 2.36. The average molecular weight is 241 g/mol. The van der Waals surface area contributed by atoms with E-state index in [0.717, 1.165) is 12.8 Å². The molecule has 0 aromatic carbocycles. The molecule has 1 N–H and O–H groups in total. The Bertz CT molecular complexity index is 284. The first kappa shape index (κ1) is 14.0. The molecule has 0 aromatic rings. The van der Waals surface area contributed by atoms with Crippen LogP contribution < -0.4 is 5.32 Å². The zero-order valence-electron chi connectivity index (χ0n) is 11.2. The Labute approximate surface area is 103 Å². The first-order valence-corrected chi connectivity index (χ1v) is 6.29. The number of nitrogens with one attached hydrogen (secondary N) is 1. The van der Waals surface area contributed by atoms with Gasteiger partial charge in [0.25, 0.3) is 0 Å². The van der Waals surface area contributed by atoms with Gasteiger partial charge in [-0.1, -0.05) is 0 Å². The van der Waals surface area contributed by atoms with Crippen LogP contribution in [0.25, 0.3) is 0 Å². The largest absolute Gasteiger partial charge is 0.444 e. The van der Waals surface area contributed by atoms with Gasteiger partial charge in [0.15, 0.2) is 0 Å². The maximum absolute atomic E-state index is 11.6. The lowest BCUT2D eigenvalue weighted by molar-refractivity contribution is -0.121. The molecule has 0 aromatic heterocycles. The lowest BCUT2D eigenvalue weighted by Gasteiger charge is -2.29. The lowest BCUT2D eigenvalue weighted by Crippen LogP contribution is -2.42. The molecule has 1 rings (SSSR count). The molecule has 1 fully saturated rings. The molecule has 0 saturated heterocycles. The van der Waals surface area contributed by atoms with Gasteiger partial charge in [0.1, 0.15) is 11.4 Å². The summed E-state index contributed by atoms with van der Waals surface area (Å²) in [4.78, 5) is 22.7. The number of hydrogen-bond acceptors (Lipinski definition) is 3. The molecule has 1 amide bonds. The molecule has 0 aliphatic heterocycles. The molecule has 1 aliphatic rings. The number of ether oxygens (including phenoxy) is 1. The number of hydrogen-bond donors (Lipinski definition) is 1. The molecule has 0 spiro atoms. The van der Waals surface area contributed by atoms with Crippen molar-refractivity contribution in [3.8, 4) is 0 Å². The van der Waals surface area contributed by atoms with Gasteiger partial charge in [0, 0.05) is 18.9 Å². The van der Waals surface area contributed by atoms with E-state index >= 15 is 0 Å². The van der Waals surface area contributed by atoms with Crippen LogP contribution >= 0.6 is 0 Å². The zero-order chi connectivity index (χ0) is 13.1. The molecule has 0 radical (unpaired) electrons. The van der Waals surface area contributed by atoms with Gasteiger partial charge >= 0.3 is 6.09 Å². The normalized spacial score (nSPS) is 19.9. The maximum Gasteiger partial charge on any atom is 0.407 e. The van der Waals surface area contributed by atoms with Crippen LogP contribution in [0.15, 0.2) is 0 Å². The van der Waals surface area contributed by atoms with Crippen molar-refractivity contribution in [2.24, 2.45) is 5.92 Å². The van der Waals surface area contributed by atoms with Gasteiger partial charge in [-0.2, -0.15) is 0 Å². The van der Waals surface area contributed by atoms with E-state index in [4.69, 9.17) is 4.74 Å². The summed E-state index contributed by atoms with van der Waals surface area (Å²) in [6, 6.07) is 0.0675. The highest BCUT2D eigenvalue weighted by Gasteiger charge is 2.26. The third-order valence-electron chi connectivity index (χ3n) is 3.04. The summed E-state index contributed by atoms with van der Waals surface area (Å²) in [7, 11) is 0. The summed E-state index contributed by atoms with van der Waals surface area (Å²) in [6.45, 7) is 7.51. The monoisotopic (exact) mass is 241 g/mol. The topological polar surface area (TPSA) is 55.4 Å². The molecular formula is C13H23NO3. The smallest absolute Gasteiger partial charge is 0.407 e. The summed E-state index contributed by atoms with van der Waals surface area (Å²) < 4.78 is 5.20. The number of ketones is 1. The second-order valence-corrected chi connectivity index (χ2v) is 5.81. The van der Waals surface area contributed by atoms with Gasteiger partial charge < -0.3 is 10.1 Å². The van der Waals surface area contributed by atoms with Crippen LogP contribution in [0.1, 0.15) is 53.4 Å². The summed E-state index contributed by atoms with van der Waals surface area (Å²) >= 11 is 0. The fourth-order valence-electron chi connectivity index (χ4n) is 2.07. The summed E-state index contributed by atoms with van der Waals surface area (Å²) in [5.74, 6) is 0.728. The molecule has 0 heterocycles. The number of rotatable bonds is 2. The quantitative estimate of drug-likeness (QED) is 0.808. The van der Waals surface area contributed by atoms with Crippen molar-refractivity contribution >= 4 is 11.9 Å². The Kier molecular flexibility index (Phi) is 4.54.